The topological polar surface area (TPSA) is 35.5 Å². The third kappa shape index (κ3) is 3.47. The average molecular weight is 250 g/mol. The van der Waals surface area contributed by atoms with Gasteiger partial charge in [-0.05, 0) is 18.2 Å². The number of carbonyl (C=O) groups excluding carboxylic acids is 1. The van der Waals surface area contributed by atoms with Gasteiger partial charge in [-0.15, -0.1) is 0 Å². The molecule has 0 aliphatic rings. The van der Waals surface area contributed by atoms with Crippen LogP contribution in [0.1, 0.15) is 5.56 Å². The van der Waals surface area contributed by atoms with Crippen LogP contribution in [-0.4, -0.2) is 6.16 Å². The van der Waals surface area contributed by atoms with Gasteiger partial charge in [-0.1, -0.05) is 6.58 Å². The number of hydrogen-bond acceptors (Lipinski definition) is 3. The predicted molar refractivity (Wildman–Crippen MR) is 48.7 cm³/mol. The van der Waals surface area contributed by atoms with Crippen LogP contribution in [0.3, 0.4) is 0 Å². The first kappa shape index (κ1) is 13.0. The number of rotatable bonds is 2. The van der Waals surface area contributed by atoms with Gasteiger partial charge in [0.1, 0.15) is 11.6 Å². The smallest absolute Gasteiger partial charge is 0.403 e. The molecule has 1 aromatic carbocycles. The summed E-state index contributed by atoms with van der Waals surface area (Å²) in [5.74, 6) is -1.94. The molecule has 0 amide bonds. The van der Waals surface area contributed by atoms with E-state index in [1.807, 2.05) is 0 Å². The molecule has 0 unspecified atom stereocenters. The molecule has 0 radical (unpaired) electrons. The van der Waals surface area contributed by atoms with Crippen molar-refractivity contribution in [2.75, 3.05) is 0 Å². The molecule has 1 rings (SSSR count). The van der Waals surface area contributed by atoms with Crippen molar-refractivity contribution in [3.05, 3.63) is 42.4 Å². The second-order valence-electron chi connectivity index (χ2n) is 2.78. The van der Waals surface area contributed by atoms with Crippen LogP contribution in [0.4, 0.5) is 22.4 Å². The number of carbonyl (C=O) groups is 1. The van der Waals surface area contributed by atoms with Gasteiger partial charge in [0.15, 0.2) is 0 Å². The summed E-state index contributed by atoms with van der Waals surface area (Å²) in [6.45, 7) is 3.05. The minimum atomic E-state index is -4.87. The zero-order valence-electron chi connectivity index (χ0n) is 8.25. The fourth-order valence-corrected chi connectivity index (χ4v) is 0.973. The molecule has 0 N–H and O–H groups in total. The quantitative estimate of drug-likeness (QED) is 0.349. The average Bonchev–Trinajstić information content (AvgIpc) is 2.19. The summed E-state index contributed by atoms with van der Waals surface area (Å²) in [6.07, 6.45) is -5.39. The number of ether oxygens (including phenoxy) is 2. The summed E-state index contributed by atoms with van der Waals surface area (Å²) in [6, 6.07) is 1.77. The van der Waals surface area contributed by atoms with E-state index in [9.17, 15) is 22.4 Å². The van der Waals surface area contributed by atoms with Crippen molar-refractivity contribution in [1.29, 1.82) is 0 Å². The van der Waals surface area contributed by atoms with Crippen LogP contribution in [0, 0.1) is 5.82 Å². The van der Waals surface area contributed by atoms with Crippen molar-refractivity contribution in [1.82, 2.24) is 0 Å². The zero-order valence-corrected chi connectivity index (χ0v) is 8.25. The summed E-state index contributed by atoms with van der Waals surface area (Å²) in [7, 11) is 0. The molecular formula is C10H6F4O3. The molecule has 0 spiro atoms. The SMILES string of the molecule is C=COC(=O)Oc1ccc(F)c(C(F)(F)F)c1. The molecular weight excluding hydrogens is 244 g/mol. The van der Waals surface area contributed by atoms with Gasteiger partial charge < -0.3 is 9.47 Å². The van der Waals surface area contributed by atoms with Crippen LogP contribution < -0.4 is 4.74 Å². The lowest BCUT2D eigenvalue weighted by molar-refractivity contribution is -0.140. The highest BCUT2D eigenvalue weighted by Crippen LogP contribution is 2.33. The Morgan fingerprint density at radius 1 is 1.35 bits per heavy atom. The van der Waals surface area contributed by atoms with Gasteiger partial charge >= 0.3 is 12.3 Å². The van der Waals surface area contributed by atoms with Gasteiger partial charge in [0, 0.05) is 0 Å². The van der Waals surface area contributed by atoms with Gasteiger partial charge in [-0.3, -0.25) is 0 Å². The first-order valence-corrected chi connectivity index (χ1v) is 4.20. The lowest BCUT2D eigenvalue weighted by atomic mass is 10.2. The van der Waals surface area contributed by atoms with Crippen LogP contribution in [0.5, 0.6) is 5.75 Å². The summed E-state index contributed by atoms with van der Waals surface area (Å²) < 4.78 is 58.2. The molecule has 1 aromatic rings. The first-order valence-electron chi connectivity index (χ1n) is 4.20. The number of benzene rings is 1. The molecule has 0 fully saturated rings. The maximum Gasteiger partial charge on any atom is 0.518 e. The molecule has 3 nitrogen and oxygen atoms in total. The highest BCUT2D eigenvalue weighted by molar-refractivity contribution is 5.64. The van der Waals surface area contributed by atoms with Crippen molar-refractivity contribution in [2.24, 2.45) is 0 Å². The van der Waals surface area contributed by atoms with E-state index in [0.717, 1.165) is 12.3 Å². The highest BCUT2D eigenvalue weighted by Gasteiger charge is 2.34. The largest absolute Gasteiger partial charge is 0.518 e. The van der Waals surface area contributed by atoms with Crippen molar-refractivity contribution in [2.45, 2.75) is 6.18 Å². The number of halogens is 4. The van der Waals surface area contributed by atoms with Crippen LogP contribution in [0.25, 0.3) is 0 Å². The van der Waals surface area contributed by atoms with Gasteiger partial charge in [0.05, 0.1) is 11.8 Å². The van der Waals surface area contributed by atoms with Crippen molar-refractivity contribution in [3.63, 3.8) is 0 Å². The Hall–Kier alpha value is -2.05. The van der Waals surface area contributed by atoms with E-state index >= 15 is 0 Å². The minimum absolute atomic E-state index is 0.361. The van der Waals surface area contributed by atoms with Gasteiger partial charge in [0.25, 0.3) is 0 Å². The highest BCUT2D eigenvalue weighted by atomic mass is 19.4. The summed E-state index contributed by atoms with van der Waals surface area (Å²) in [5.41, 5.74) is -1.53. The number of alkyl halides is 3. The van der Waals surface area contributed by atoms with E-state index in [0.29, 0.717) is 12.1 Å². The normalized spacial score (nSPS) is 10.8. The van der Waals surface area contributed by atoms with Crippen LogP contribution >= 0.6 is 0 Å². The molecule has 0 atom stereocenters. The maximum absolute atomic E-state index is 12.8. The molecule has 0 saturated heterocycles. The fraction of sp³-hybridized carbons (Fsp3) is 0.100. The van der Waals surface area contributed by atoms with E-state index in [4.69, 9.17) is 0 Å². The van der Waals surface area contributed by atoms with Crippen LogP contribution in [0.15, 0.2) is 31.0 Å². The van der Waals surface area contributed by atoms with Gasteiger partial charge in [-0.2, -0.15) is 13.2 Å². The first-order chi connectivity index (χ1) is 7.84. The van der Waals surface area contributed by atoms with E-state index in [-0.39, 0.29) is 0 Å². The monoisotopic (exact) mass is 250 g/mol. The molecule has 92 valence electrons. The van der Waals surface area contributed by atoms with E-state index in [2.05, 4.69) is 16.1 Å². The Labute approximate surface area is 93.3 Å². The standard InChI is InChI=1S/C10H6F4O3/c1-2-16-9(15)17-6-3-4-8(11)7(5-6)10(12,13)14/h2-5H,1H2. The van der Waals surface area contributed by atoms with Gasteiger partial charge in [-0.25, -0.2) is 9.18 Å². The number of hydrogen-bond donors (Lipinski definition) is 0. The molecule has 17 heavy (non-hydrogen) atoms. The van der Waals surface area contributed by atoms with E-state index in [1.165, 1.54) is 0 Å². The Morgan fingerprint density at radius 3 is 2.53 bits per heavy atom. The molecule has 0 heterocycles. The minimum Gasteiger partial charge on any atom is -0.403 e. The van der Waals surface area contributed by atoms with Crippen LogP contribution in [0.2, 0.25) is 0 Å². The zero-order chi connectivity index (χ0) is 13.1. The second kappa shape index (κ2) is 4.86. The van der Waals surface area contributed by atoms with Crippen molar-refractivity contribution >= 4 is 6.16 Å². The third-order valence-corrected chi connectivity index (χ3v) is 1.62. The molecule has 0 aromatic heterocycles. The summed E-state index contributed by atoms with van der Waals surface area (Å²) >= 11 is 0. The third-order valence-electron chi connectivity index (χ3n) is 1.62. The lowest BCUT2D eigenvalue weighted by Gasteiger charge is -2.09. The van der Waals surface area contributed by atoms with Crippen LogP contribution in [-0.2, 0) is 10.9 Å². The van der Waals surface area contributed by atoms with E-state index < -0.39 is 29.5 Å². The fourth-order valence-electron chi connectivity index (χ4n) is 0.973. The summed E-state index contributed by atoms with van der Waals surface area (Å²) in [4.78, 5) is 10.8. The van der Waals surface area contributed by atoms with Crippen molar-refractivity contribution < 1.29 is 31.8 Å². The Balaban J connectivity index is 2.97. The molecule has 7 heteroatoms. The molecule has 0 aliphatic heterocycles. The Morgan fingerprint density at radius 2 is 2.00 bits per heavy atom. The predicted octanol–water partition coefficient (Wildman–Crippen LogP) is 3.50. The second-order valence-corrected chi connectivity index (χ2v) is 2.78. The molecule has 0 aliphatic carbocycles. The summed E-state index contributed by atoms with van der Waals surface area (Å²) in [5, 5.41) is 0. The maximum atomic E-state index is 12.8. The van der Waals surface area contributed by atoms with Gasteiger partial charge in [0.2, 0.25) is 0 Å². The van der Waals surface area contributed by atoms with Crippen molar-refractivity contribution in [3.8, 4) is 5.75 Å². The lowest BCUT2D eigenvalue weighted by Crippen LogP contribution is -2.11. The Kier molecular flexibility index (Phi) is 3.72. The molecule has 0 bridgehead atoms. The van der Waals surface area contributed by atoms with E-state index in [1.54, 1.807) is 0 Å². The Bertz CT molecular complexity index is 440. The molecule has 0 saturated carbocycles.